The van der Waals surface area contributed by atoms with E-state index in [2.05, 4.69) is 17.2 Å². The van der Waals surface area contributed by atoms with Crippen LogP contribution in [-0.2, 0) is 4.79 Å². The molecule has 0 radical (unpaired) electrons. The molecule has 0 aliphatic carbocycles. The van der Waals surface area contributed by atoms with Crippen LogP contribution in [0.2, 0.25) is 0 Å². The van der Waals surface area contributed by atoms with Crippen LogP contribution in [-0.4, -0.2) is 10.9 Å². The van der Waals surface area contributed by atoms with Gasteiger partial charge in [-0.05, 0) is 29.7 Å². The maximum absolute atomic E-state index is 12.1. The van der Waals surface area contributed by atoms with E-state index in [0.29, 0.717) is 6.42 Å². The van der Waals surface area contributed by atoms with E-state index >= 15 is 0 Å². The lowest BCUT2D eigenvalue weighted by molar-refractivity contribution is -0.121. The highest BCUT2D eigenvalue weighted by Crippen LogP contribution is 2.21. The van der Waals surface area contributed by atoms with Crippen molar-refractivity contribution >= 4 is 5.91 Å². The van der Waals surface area contributed by atoms with Crippen LogP contribution in [0.5, 0.6) is 0 Å². The summed E-state index contributed by atoms with van der Waals surface area (Å²) in [5.41, 5.74) is 2.15. The highest BCUT2D eigenvalue weighted by atomic mass is 16.1. The van der Waals surface area contributed by atoms with Crippen molar-refractivity contribution in [3.63, 3.8) is 0 Å². The molecule has 3 nitrogen and oxygen atoms in total. The van der Waals surface area contributed by atoms with Crippen LogP contribution in [0.1, 0.15) is 49.8 Å². The van der Waals surface area contributed by atoms with E-state index in [-0.39, 0.29) is 11.9 Å². The zero-order chi connectivity index (χ0) is 14.9. The molecule has 1 aromatic heterocycles. The quantitative estimate of drug-likeness (QED) is 0.783. The zero-order valence-electron chi connectivity index (χ0n) is 12.5. The molecule has 0 spiro atoms. The van der Waals surface area contributed by atoms with Crippen molar-refractivity contribution in [1.82, 2.24) is 10.3 Å². The summed E-state index contributed by atoms with van der Waals surface area (Å²) >= 11 is 0. The number of carbonyl (C=O) groups excluding carboxylic acids is 1. The van der Waals surface area contributed by atoms with Crippen molar-refractivity contribution in [3.8, 4) is 0 Å². The van der Waals surface area contributed by atoms with Gasteiger partial charge in [-0.3, -0.25) is 9.78 Å². The van der Waals surface area contributed by atoms with E-state index in [4.69, 9.17) is 0 Å². The average Bonchev–Trinajstić information content (AvgIpc) is 2.54. The van der Waals surface area contributed by atoms with Crippen LogP contribution in [0, 0.1) is 0 Å². The summed E-state index contributed by atoms with van der Waals surface area (Å²) in [6, 6.07) is 13.8. The molecule has 1 N–H and O–H groups in total. The number of aromatic nitrogens is 1. The number of rotatable bonds is 7. The van der Waals surface area contributed by atoms with Gasteiger partial charge in [-0.2, -0.15) is 0 Å². The van der Waals surface area contributed by atoms with Crippen LogP contribution in [0.3, 0.4) is 0 Å². The first-order valence-electron chi connectivity index (χ1n) is 7.55. The van der Waals surface area contributed by atoms with Gasteiger partial charge in [0.25, 0.3) is 0 Å². The van der Waals surface area contributed by atoms with Crippen molar-refractivity contribution < 1.29 is 4.79 Å². The Morgan fingerprint density at radius 1 is 1.05 bits per heavy atom. The lowest BCUT2D eigenvalue weighted by Gasteiger charge is -2.19. The second-order valence-electron chi connectivity index (χ2n) is 5.15. The minimum absolute atomic E-state index is 0.106. The number of benzene rings is 1. The van der Waals surface area contributed by atoms with E-state index in [0.717, 1.165) is 30.4 Å². The van der Waals surface area contributed by atoms with Gasteiger partial charge < -0.3 is 5.32 Å². The molecule has 1 heterocycles. The van der Waals surface area contributed by atoms with Gasteiger partial charge in [0.15, 0.2) is 0 Å². The first-order valence-corrected chi connectivity index (χ1v) is 7.55. The number of pyridine rings is 1. The minimum Gasteiger partial charge on any atom is -0.345 e. The SMILES string of the molecule is CCCCCC(=O)NC(c1ccccc1)c1ccncc1. The molecule has 0 saturated carbocycles. The summed E-state index contributed by atoms with van der Waals surface area (Å²) in [6.07, 6.45) is 7.27. The molecule has 1 atom stereocenters. The topological polar surface area (TPSA) is 42.0 Å². The number of hydrogen-bond donors (Lipinski definition) is 1. The first kappa shape index (κ1) is 15.2. The van der Waals surface area contributed by atoms with Crippen LogP contribution >= 0.6 is 0 Å². The normalized spacial score (nSPS) is 11.9. The maximum atomic E-state index is 12.1. The molecule has 0 saturated heterocycles. The predicted octanol–water partition coefficient (Wildman–Crippen LogP) is 3.87. The Balaban J connectivity index is 2.12. The molecule has 2 aromatic rings. The highest BCUT2D eigenvalue weighted by molar-refractivity contribution is 5.76. The Bertz CT molecular complexity index is 500. The van der Waals surface area contributed by atoms with Gasteiger partial charge in [-0.1, -0.05) is 50.1 Å². The monoisotopic (exact) mass is 282 g/mol. The Hall–Kier alpha value is -2.16. The second-order valence-corrected chi connectivity index (χ2v) is 5.15. The molecule has 0 fully saturated rings. The molecular weight excluding hydrogens is 260 g/mol. The predicted molar refractivity (Wildman–Crippen MR) is 84.8 cm³/mol. The van der Waals surface area contributed by atoms with Crippen molar-refractivity contribution in [2.45, 2.75) is 38.6 Å². The van der Waals surface area contributed by atoms with Crippen LogP contribution in [0.25, 0.3) is 0 Å². The third-order valence-electron chi connectivity index (χ3n) is 3.49. The number of amides is 1. The van der Waals surface area contributed by atoms with Crippen molar-refractivity contribution in [1.29, 1.82) is 0 Å². The standard InChI is InChI=1S/C18H22N2O/c1-2-3-5-10-17(21)20-18(15-8-6-4-7-9-15)16-11-13-19-14-12-16/h4,6-9,11-14,18H,2-3,5,10H2,1H3,(H,20,21). The fourth-order valence-corrected chi connectivity index (χ4v) is 2.33. The Kier molecular flexibility index (Phi) is 5.95. The number of nitrogens with one attached hydrogen (secondary N) is 1. The Labute approximate surface area is 126 Å². The Morgan fingerprint density at radius 2 is 1.71 bits per heavy atom. The third kappa shape index (κ3) is 4.71. The fraction of sp³-hybridized carbons (Fsp3) is 0.333. The second kappa shape index (κ2) is 8.20. The molecular formula is C18H22N2O. The summed E-state index contributed by atoms with van der Waals surface area (Å²) in [6.45, 7) is 2.14. The minimum atomic E-state index is -0.108. The van der Waals surface area contributed by atoms with Crippen molar-refractivity contribution in [3.05, 3.63) is 66.0 Å². The average molecular weight is 282 g/mol. The van der Waals surface area contributed by atoms with Crippen LogP contribution in [0.4, 0.5) is 0 Å². The summed E-state index contributed by atoms with van der Waals surface area (Å²) in [5.74, 6) is 0.106. The van der Waals surface area contributed by atoms with E-state index in [1.807, 2.05) is 42.5 Å². The molecule has 0 bridgehead atoms. The number of carbonyl (C=O) groups is 1. The summed E-state index contributed by atoms with van der Waals surface area (Å²) < 4.78 is 0. The molecule has 1 aromatic carbocycles. The van der Waals surface area contributed by atoms with Gasteiger partial charge in [0.2, 0.25) is 5.91 Å². The summed E-state index contributed by atoms with van der Waals surface area (Å²) in [7, 11) is 0. The summed E-state index contributed by atoms with van der Waals surface area (Å²) in [5, 5.41) is 3.14. The first-order chi connectivity index (χ1) is 10.3. The van der Waals surface area contributed by atoms with Crippen LogP contribution < -0.4 is 5.32 Å². The smallest absolute Gasteiger partial charge is 0.220 e. The molecule has 0 aliphatic rings. The van der Waals surface area contributed by atoms with Gasteiger partial charge in [0.1, 0.15) is 0 Å². The third-order valence-corrected chi connectivity index (χ3v) is 3.49. The van der Waals surface area contributed by atoms with E-state index in [9.17, 15) is 4.79 Å². The molecule has 21 heavy (non-hydrogen) atoms. The van der Waals surface area contributed by atoms with Gasteiger partial charge in [-0.15, -0.1) is 0 Å². The van der Waals surface area contributed by atoms with Gasteiger partial charge in [0.05, 0.1) is 6.04 Å². The molecule has 1 amide bonds. The molecule has 1 unspecified atom stereocenters. The molecule has 2 rings (SSSR count). The van der Waals surface area contributed by atoms with Crippen molar-refractivity contribution in [2.24, 2.45) is 0 Å². The van der Waals surface area contributed by atoms with Crippen LogP contribution in [0.15, 0.2) is 54.9 Å². The molecule has 110 valence electrons. The lowest BCUT2D eigenvalue weighted by atomic mass is 9.99. The molecule has 0 aliphatic heterocycles. The molecule has 3 heteroatoms. The fourth-order valence-electron chi connectivity index (χ4n) is 2.33. The lowest BCUT2D eigenvalue weighted by Crippen LogP contribution is -2.29. The largest absolute Gasteiger partial charge is 0.345 e. The van der Waals surface area contributed by atoms with E-state index in [1.165, 1.54) is 0 Å². The highest BCUT2D eigenvalue weighted by Gasteiger charge is 2.16. The maximum Gasteiger partial charge on any atom is 0.220 e. The van der Waals surface area contributed by atoms with E-state index in [1.54, 1.807) is 12.4 Å². The van der Waals surface area contributed by atoms with Crippen molar-refractivity contribution in [2.75, 3.05) is 0 Å². The number of hydrogen-bond acceptors (Lipinski definition) is 2. The Morgan fingerprint density at radius 3 is 2.38 bits per heavy atom. The zero-order valence-corrected chi connectivity index (χ0v) is 12.5. The van der Waals surface area contributed by atoms with Gasteiger partial charge in [0, 0.05) is 18.8 Å². The van der Waals surface area contributed by atoms with Gasteiger partial charge in [-0.25, -0.2) is 0 Å². The summed E-state index contributed by atoms with van der Waals surface area (Å²) in [4.78, 5) is 16.2. The number of nitrogens with zero attached hydrogens (tertiary/aromatic N) is 1. The van der Waals surface area contributed by atoms with Gasteiger partial charge >= 0.3 is 0 Å². The number of unbranched alkanes of at least 4 members (excludes halogenated alkanes) is 2. The van der Waals surface area contributed by atoms with E-state index < -0.39 is 0 Å².